The minimum atomic E-state index is 0. The molecule has 0 amide bonds. The van der Waals surface area contributed by atoms with Crippen LogP contribution in [0.4, 0.5) is 5.69 Å². The molecule has 0 aliphatic carbocycles. The van der Waals surface area contributed by atoms with Crippen LogP contribution in [0.1, 0.15) is 5.56 Å². The van der Waals surface area contributed by atoms with Gasteiger partial charge in [-0.15, -0.1) is 12.1 Å². The molecule has 0 heterocycles. The molecule has 10 heavy (non-hydrogen) atoms. The maximum Gasteiger partial charge on any atom is 2.00 e. The van der Waals surface area contributed by atoms with Gasteiger partial charge in [0.25, 0.3) is 0 Å². The van der Waals surface area contributed by atoms with Gasteiger partial charge in [-0.05, 0) is 0 Å². The maximum atomic E-state index is 4.01. The zero-order valence-corrected chi connectivity index (χ0v) is 7.45. The summed E-state index contributed by atoms with van der Waals surface area (Å²) in [7, 11) is 1.77. The predicted molar refractivity (Wildman–Crippen MR) is 39.8 cm³/mol. The quantitative estimate of drug-likeness (QED) is 0.706. The van der Waals surface area contributed by atoms with Crippen LogP contribution in [0.2, 0.25) is 0 Å². The normalized spacial score (nSPS) is 8.10. The van der Waals surface area contributed by atoms with Crippen LogP contribution in [0, 0.1) is 53.8 Å². The van der Waals surface area contributed by atoms with E-state index in [1.807, 2.05) is 24.3 Å². The molecule has 0 fully saturated rings. The van der Waals surface area contributed by atoms with Gasteiger partial charge in [0.15, 0.2) is 0 Å². The summed E-state index contributed by atoms with van der Waals surface area (Å²) in [6.45, 7) is 3.80. The zero-order chi connectivity index (χ0) is 6.69. The summed E-state index contributed by atoms with van der Waals surface area (Å²) in [5.74, 6) is 0. The van der Waals surface area contributed by atoms with Crippen molar-refractivity contribution in [3.8, 4) is 0 Å². The van der Waals surface area contributed by atoms with Crippen molar-refractivity contribution in [3.05, 3.63) is 42.1 Å². The van der Waals surface area contributed by atoms with E-state index in [0.29, 0.717) is 0 Å². The smallest absolute Gasteiger partial charge is 0.745 e. The fourth-order valence-electron chi connectivity index (χ4n) is 0.729. The summed E-state index contributed by atoms with van der Waals surface area (Å²) in [5, 5.41) is 4.01. The average molecular weight is 292 g/mol. The van der Waals surface area contributed by atoms with E-state index >= 15 is 0 Å². The summed E-state index contributed by atoms with van der Waals surface area (Å²) in [6, 6.07) is 7.80. The van der Waals surface area contributed by atoms with E-state index in [2.05, 4.69) is 12.2 Å². The van der Waals surface area contributed by atoms with Crippen molar-refractivity contribution >= 4 is 5.69 Å². The fourth-order valence-corrected chi connectivity index (χ4v) is 0.729. The van der Waals surface area contributed by atoms with E-state index in [4.69, 9.17) is 0 Å². The van der Waals surface area contributed by atoms with Gasteiger partial charge in [-0.25, -0.2) is 12.5 Å². The Morgan fingerprint density at radius 2 is 1.90 bits per heavy atom. The number of benzene rings is 1. The van der Waals surface area contributed by atoms with Crippen LogP contribution in [-0.2, 0) is 0 Å². The Kier molecular flexibility index (Phi) is 5.32. The zero-order valence-electron chi connectivity index (χ0n) is 5.73. The van der Waals surface area contributed by atoms with Crippen molar-refractivity contribution in [2.75, 3.05) is 7.05 Å². The molecule has 1 aromatic carbocycles. The van der Waals surface area contributed by atoms with Crippen LogP contribution >= 0.6 is 0 Å². The van der Waals surface area contributed by atoms with Crippen LogP contribution < -0.4 is 0 Å². The summed E-state index contributed by atoms with van der Waals surface area (Å²) < 4.78 is 0. The van der Waals surface area contributed by atoms with E-state index in [9.17, 15) is 0 Å². The molecule has 0 N–H and O–H groups in total. The van der Waals surface area contributed by atoms with Crippen molar-refractivity contribution in [2.24, 2.45) is 0 Å². The van der Waals surface area contributed by atoms with Crippen LogP contribution in [0.25, 0.3) is 5.32 Å². The minimum Gasteiger partial charge on any atom is -0.745 e. The van der Waals surface area contributed by atoms with Gasteiger partial charge in [0, 0.05) is 0 Å². The Balaban J connectivity index is 0.000000810. The Labute approximate surface area is 100 Å². The standard InChI is InChI=1S/C8H9N.Yb/c1-7-5-3-4-6-8(7)9-2;/h3-6H,1H2,2H3;/q-2;+2. The summed E-state index contributed by atoms with van der Waals surface area (Å²) in [6.07, 6.45) is 0. The van der Waals surface area contributed by atoms with E-state index < -0.39 is 0 Å². The molecule has 0 spiro atoms. The van der Waals surface area contributed by atoms with Crippen molar-refractivity contribution in [2.45, 2.75) is 0 Å². The first-order valence-electron chi connectivity index (χ1n) is 2.85. The monoisotopic (exact) mass is 293 g/mol. The van der Waals surface area contributed by atoms with Gasteiger partial charge in [0.2, 0.25) is 0 Å². The molecule has 2 heteroatoms. The molecule has 0 radical (unpaired) electrons. The molecule has 0 aromatic heterocycles. The van der Waals surface area contributed by atoms with Gasteiger partial charge in [-0.1, -0.05) is 6.07 Å². The van der Waals surface area contributed by atoms with Crippen LogP contribution in [0.5, 0.6) is 0 Å². The van der Waals surface area contributed by atoms with Gasteiger partial charge < -0.3 is 5.32 Å². The third kappa shape index (κ3) is 2.57. The molecule has 0 aliphatic rings. The Hall–Kier alpha value is 0.409. The van der Waals surface area contributed by atoms with Gasteiger partial charge in [0.05, 0.1) is 0 Å². The average Bonchev–Trinajstić information content (AvgIpc) is 1.89. The summed E-state index contributed by atoms with van der Waals surface area (Å²) in [5.41, 5.74) is 1.96. The topological polar surface area (TPSA) is 14.1 Å². The number of rotatable bonds is 1. The van der Waals surface area contributed by atoms with Crippen molar-refractivity contribution in [1.29, 1.82) is 0 Å². The first-order valence-corrected chi connectivity index (χ1v) is 2.85. The molecular weight excluding hydrogens is 283 g/mol. The Bertz CT molecular complexity index is 198. The molecule has 0 saturated heterocycles. The fraction of sp³-hybridized carbons (Fsp3) is 0.125. The molecule has 0 aliphatic heterocycles. The molecule has 1 rings (SSSR count). The van der Waals surface area contributed by atoms with E-state index in [-0.39, 0.29) is 46.9 Å². The van der Waals surface area contributed by atoms with Crippen molar-refractivity contribution in [3.63, 3.8) is 0 Å². The number of hydrogen-bond acceptors (Lipinski definition) is 0. The third-order valence-electron chi connectivity index (χ3n) is 1.23. The molecule has 0 atom stereocenters. The number of nitrogens with zero attached hydrogens (tertiary/aromatic N) is 1. The first-order chi connectivity index (χ1) is 4.34. The van der Waals surface area contributed by atoms with Gasteiger partial charge in [0.1, 0.15) is 0 Å². The van der Waals surface area contributed by atoms with Crippen molar-refractivity contribution < 1.29 is 46.9 Å². The van der Waals surface area contributed by atoms with Gasteiger partial charge >= 0.3 is 46.9 Å². The minimum absolute atomic E-state index is 0. The third-order valence-corrected chi connectivity index (χ3v) is 1.23. The molecule has 1 nitrogen and oxygen atoms in total. The van der Waals surface area contributed by atoms with E-state index in [1.165, 1.54) is 0 Å². The van der Waals surface area contributed by atoms with Crippen LogP contribution in [0.3, 0.4) is 0 Å². The number of para-hydroxylation sites is 1. The molecule has 60 valence electrons. The second-order valence-electron chi connectivity index (χ2n) is 1.85. The largest absolute Gasteiger partial charge is 2.00 e. The molecule has 0 bridgehead atoms. The Morgan fingerprint density at radius 3 is 2.30 bits per heavy atom. The van der Waals surface area contributed by atoms with Crippen molar-refractivity contribution in [1.82, 2.24) is 0 Å². The van der Waals surface area contributed by atoms with E-state index in [1.54, 1.807) is 7.05 Å². The molecular formula is C8H9NYb. The first kappa shape index (κ1) is 10.4. The van der Waals surface area contributed by atoms with Gasteiger partial charge in [-0.2, -0.15) is 13.1 Å². The molecule has 0 saturated carbocycles. The van der Waals surface area contributed by atoms with Gasteiger partial charge in [-0.3, -0.25) is 5.69 Å². The molecule has 1 aromatic rings. The van der Waals surface area contributed by atoms with Crippen LogP contribution in [-0.4, -0.2) is 7.05 Å². The predicted octanol–water partition coefficient (Wildman–Crippen LogP) is 2.50. The van der Waals surface area contributed by atoms with E-state index in [0.717, 1.165) is 11.3 Å². The molecule has 0 unspecified atom stereocenters. The summed E-state index contributed by atoms with van der Waals surface area (Å²) >= 11 is 0. The number of hydrogen-bond donors (Lipinski definition) is 0. The maximum absolute atomic E-state index is 4.01. The summed E-state index contributed by atoms with van der Waals surface area (Å²) in [4.78, 5) is 0. The second kappa shape index (κ2) is 5.11. The Morgan fingerprint density at radius 1 is 1.30 bits per heavy atom. The second-order valence-corrected chi connectivity index (χ2v) is 1.85. The SMILES string of the molecule is [CH2-]c1ccccc1[N-]C.[Yb+2]. The van der Waals surface area contributed by atoms with Crippen LogP contribution in [0.15, 0.2) is 24.3 Å².